The van der Waals surface area contributed by atoms with Crippen molar-refractivity contribution in [3.63, 3.8) is 0 Å². The number of carbonyl (C=O) groups is 9. The van der Waals surface area contributed by atoms with Crippen LogP contribution in [-0.2, 0) is 58.7 Å². The van der Waals surface area contributed by atoms with Gasteiger partial charge in [-0.25, -0.2) is 14.4 Å². The van der Waals surface area contributed by atoms with Gasteiger partial charge in [0.2, 0.25) is 5.91 Å². The molecule has 0 spiro atoms. The molecule has 3 unspecified atom stereocenters. The van der Waals surface area contributed by atoms with Crippen molar-refractivity contribution >= 4 is 84.4 Å². The molecule has 358 valence electrons. The summed E-state index contributed by atoms with van der Waals surface area (Å²) in [5, 5.41) is 84.1. The second-order valence-electron chi connectivity index (χ2n) is 14.1. The summed E-state index contributed by atoms with van der Waals surface area (Å²) in [5.41, 5.74) is 0.814. The molecule has 0 aliphatic heterocycles. The van der Waals surface area contributed by atoms with Gasteiger partial charge < -0.3 is 61.7 Å². The number of nitrogens with one attached hydrogen (secondary N) is 4. The summed E-state index contributed by atoms with van der Waals surface area (Å²) in [7, 11) is -4.77. The SMILES string of the molecule is C[C@H](COP(=O)(O)NC(CCC(=O)O)C(=O)O)NC(=O)CC[C@H](NC(=S)Nc1ccc(CC(CN(CCN(CC(=O)O)CC(=O)O)CC(=O)O)N(CC(=O)O)CC(=O)O)cc1)C(=O)O. The fourth-order valence-corrected chi connectivity index (χ4v) is 7.17. The van der Waals surface area contributed by atoms with Gasteiger partial charge in [0.1, 0.15) is 12.1 Å². The number of thiocarbonyl (C=S) groups is 1. The largest absolute Gasteiger partial charge is 0.481 e. The minimum atomic E-state index is -4.77. The lowest BCUT2D eigenvalue weighted by Gasteiger charge is -2.34. The third kappa shape index (κ3) is 25.3. The van der Waals surface area contributed by atoms with Crippen LogP contribution in [0.15, 0.2) is 24.3 Å². The van der Waals surface area contributed by atoms with E-state index < -0.39 is 138 Å². The van der Waals surface area contributed by atoms with E-state index in [9.17, 15) is 88.4 Å². The molecule has 0 fully saturated rings. The third-order valence-corrected chi connectivity index (χ3v) is 9.95. The molecule has 0 radical (unpaired) electrons. The van der Waals surface area contributed by atoms with Crippen LogP contribution in [0.2, 0.25) is 0 Å². The molecule has 0 bridgehead atoms. The molecule has 1 amide bonds. The number of carbonyl (C=O) groups excluding carboxylic acids is 1. The maximum atomic E-state index is 12.5. The average molecular weight is 954 g/mol. The minimum absolute atomic E-state index is 0.0441. The molecule has 0 aromatic heterocycles. The van der Waals surface area contributed by atoms with E-state index >= 15 is 0 Å². The topological polar surface area (TPSA) is 420 Å². The highest BCUT2D eigenvalue weighted by atomic mass is 32.1. The quantitative estimate of drug-likeness (QED) is 0.0262. The van der Waals surface area contributed by atoms with Gasteiger partial charge in [-0.15, -0.1) is 0 Å². The number of aliphatic carboxylic acids is 8. The molecule has 13 N–H and O–H groups in total. The zero-order valence-electron chi connectivity index (χ0n) is 34.2. The highest BCUT2D eigenvalue weighted by molar-refractivity contribution is 7.80. The minimum Gasteiger partial charge on any atom is -0.481 e. The zero-order chi connectivity index (χ0) is 48.7. The van der Waals surface area contributed by atoms with Crippen molar-refractivity contribution < 1.29 is 98.0 Å². The van der Waals surface area contributed by atoms with Crippen LogP contribution >= 0.6 is 20.0 Å². The van der Waals surface area contributed by atoms with E-state index in [1.54, 1.807) is 12.1 Å². The number of hydrogen-bond donors (Lipinski definition) is 13. The molecule has 1 aromatic rings. The first-order chi connectivity index (χ1) is 29.7. The molecule has 0 saturated carbocycles. The van der Waals surface area contributed by atoms with Crippen molar-refractivity contribution in [3.8, 4) is 0 Å². The monoisotopic (exact) mass is 953 g/mol. The Balaban J connectivity index is 3.00. The Labute approximate surface area is 369 Å². The van der Waals surface area contributed by atoms with Crippen LogP contribution in [0.3, 0.4) is 0 Å². The Bertz CT molecular complexity index is 1840. The second-order valence-corrected chi connectivity index (χ2v) is 16.1. The van der Waals surface area contributed by atoms with Crippen LogP contribution in [0.5, 0.6) is 0 Å². The molecule has 1 aromatic carbocycles. The second kappa shape index (κ2) is 28.0. The number of amides is 1. The number of carboxylic acid groups (broad SMARTS) is 8. The normalized spacial score (nSPS) is 14.1. The summed E-state index contributed by atoms with van der Waals surface area (Å²) >= 11 is 5.25. The summed E-state index contributed by atoms with van der Waals surface area (Å²) in [4.78, 5) is 118. The van der Waals surface area contributed by atoms with Gasteiger partial charge in [0.15, 0.2) is 5.11 Å². The average Bonchev–Trinajstić information content (AvgIpc) is 3.15. The Kier molecular flexibility index (Phi) is 24.6. The molecule has 0 saturated heterocycles. The van der Waals surface area contributed by atoms with E-state index in [0.717, 1.165) is 9.80 Å². The molecule has 64 heavy (non-hydrogen) atoms. The fourth-order valence-electron chi connectivity index (χ4n) is 5.78. The first-order valence-corrected chi connectivity index (χ1v) is 20.9. The summed E-state index contributed by atoms with van der Waals surface area (Å²) in [6.45, 7) is -3.40. The van der Waals surface area contributed by atoms with Crippen LogP contribution in [0.4, 0.5) is 5.69 Å². The fraction of sp³-hybridized carbons (Fsp3) is 0.543. The van der Waals surface area contributed by atoms with Gasteiger partial charge in [-0.1, -0.05) is 12.1 Å². The molecular weight excluding hydrogens is 901 g/mol. The molecule has 5 atom stereocenters. The van der Waals surface area contributed by atoms with Gasteiger partial charge in [0.25, 0.3) is 0 Å². The lowest BCUT2D eigenvalue weighted by molar-refractivity contribution is -0.144. The van der Waals surface area contributed by atoms with Gasteiger partial charge in [-0.05, 0) is 56.1 Å². The van der Waals surface area contributed by atoms with Gasteiger partial charge in [-0.2, -0.15) is 0 Å². The summed E-state index contributed by atoms with van der Waals surface area (Å²) in [5.74, 6) is -11.8. The Morgan fingerprint density at radius 1 is 0.672 bits per heavy atom. The number of anilines is 1. The predicted molar refractivity (Wildman–Crippen MR) is 221 cm³/mol. The van der Waals surface area contributed by atoms with E-state index in [2.05, 4.69) is 16.0 Å². The molecule has 0 aliphatic rings. The Hall–Kier alpha value is -5.87. The number of nitrogens with zero attached hydrogens (tertiary/aromatic N) is 3. The molecular formula is C35H52N7O20PS. The molecule has 1 rings (SSSR count). The van der Waals surface area contributed by atoms with Crippen LogP contribution in [0, 0.1) is 0 Å². The van der Waals surface area contributed by atoms with E-state index in [-0.39, 0.29) is 44.0 Å². The number of rotatable bonds is 34. The van der Waals surface area contributed by atoms with Crippen molar-refractivity contribution in [1.82, 2.24) is 30.4 Å². The molecule has 29 heteroatoms. The van der Waals surface area contributed by atoms with Gasteiger partial charge in [-0.3, -0.25) is 57.6 Å². The Morgan fingerprint density at radius 2 is 1.16 bits per heavy atom. The number of carboxylic acids is 8. The van der Waals surface area contributed by atoms with Crippen LogP contribution in [-0.4, -0.2) is 202 Å². The van der Waals surface area contributed by atoms with Gasteiger partial charge >= 0.3 is 55.5 Å². The number of hydrogen-bond acceptors (Lipinski definition) is 15. The van der Waals surface area contributed by atoms with Crippen LogP contribution in [0.1, 0.15) is 38.2 Å². The Morgan fingerprint density at radius 3 is 1.64 bits per heavy atom. The first kappa shape index (κ1) is 56.1. The van der Waals surface area contributed by atoms with Crippen LogP contribution < -0.4 is 21.0 Å². The lowest BCUT2D eigenvalue weighted by Crippen LogP contribution is -2.51. The standard InChI is InChI=1S/C35H52N7O20PS/c1-20(19-62-63(60,61)39-25(34(58)59)7-9-27(44)45)36-26(43)8-6-24(33(56)57)38-35(64)37-22-4-2-21(3-5-22)12-23(42(17-31(52)53)18-32(54)55)13-40(14-28(46)47)10-11-41(15-29(48)49)16-30(50)51/h2-5,20,23-25H,6-19H2,1H3,(H,36,43)(H,44,45)(H,46,47)(H,48,49)(H,50,51)(H,52,53)(H,54,55)(H,56,57)(H,58,59)(H2,37,38,64)(H2,39,60,61)/t20-,23?,24+,25?/m1/s1. The van der Waals surface area contributed by atoms with Crippen molar-refractivity contribution in [2.45, 2.75) is 63.2 Å². The predicted octanol–water partition coefficient (Wildman–Crippen LogP) is -2.02. The molecule has 27 nitrogen and oxygen atoms in total. The number of benzene rings is 1. The zero-order valence-corrected chi connectivity index (χ0v) is 35.9. The van der Waals surface area contributed by atoms with Crippen molar-refractivity contribution in [1.29, 1.82) is 0 Å². The van der Waals surface area contributed by atoms with E-state index in [1.165, 1.54) is 24.0 Å². The molecule has 0 aliphatic carbocycles. The summed E-state index contributed by atoms with van der Waals surface area (Å²) in [6, 6.07) is 1.06. The highest BCUT2D eigenvalue weighted by Crippen LogP contribution is 2.38. The maximum absolute atomic E-state index is 12.5. The van der Waals surface area contributed by atoms with E-state index in [1.807, 2.05) is 5.09 Å². The summed E-state index contributed by atoms with van der Waals surface area (Å²) in [6.07, 6.45) is -1.87. The third-order valence-electron chi connectivity index (χ3n) is 8.59. The lowest BCUT2D eigenvalue weighted by atomic mass is 10.0. The molecule has 0 heterocycles. The van der Waals surface area contributed by atoms with Crippen LogP contribution in [0.25, 0.3) is 0 Å². The van der Waals surface area contributed by atoms with Gasteiger partial charge in [0, 0.05) is 50.2 Å². The maximum Gasteiger partial charge on any atom is 0.403 e. The highest BCUT2D eigenvalue weighted by Gasteiger charge is 2.31. The smallest absolute Gasteiger partial charge is 0.403 e. The van der Waals surface area contributed by atoms with E-state index in [0.29, 0.717) is 11.3 Å². The van der Waals surface area contributed by atoms with Gasteiger partial charge in [0.05, 0.1) is 39.3 Å². The van der Waals surface area contributed by atoms with Crippen molar-refractivity contribution in [2.75, 3.05) is 64.3 Å². The van der Waals surface area contributed by atoms with Crippen molar-refractivity contribution in [2.24, 2.45) is 0 Å². The van der Waals surface area contributed by atoms with Crippen molar-refractivity contribution in [3.05, 3.63) is 29.8 Å². The summed E-state index contributed by atoms with van der Waals surface area (Å²) < 4.78 is 17.1. The first-order valence-electron chi connectivity index (χ1n) is 18.9. The van der Waals surface area contributed by atoms with E-state index in [4.69, 9.17) is 21.8 Å².